The van der Waals surface area contributed by atoms with Gasteiger partial charge in [0, 0.05) is 0 Å². The van der Waals surface area contributed by atoms with Gasteiger partial charge in [-0.1, -0.05) is 0 Å². The minimum atomic E-state index is -3.26. The van der Waals surface area contributed by atoms with Crippen molar-refractivity contribution in [2.45, 2.75) is 12.8 Å². The van der Waals surface area contributed by atoms with Crippen LogP contribution in [0.4, 0.5) is 13.2 Å². The summed E-state index contributed by atoms with van der Waals surface area (Å²) in [5, 5.41) is 7.21. The topological polar surface area (TPSA) is 20.2 Å². The highest BCUT2D eigenvalue weighted by molar-refractivity contribution is 8.93. The predicted octanol–water partition coefficient (Wildman–Crippen LogP) is 1.12. The molecular weight excluding hydrogens is 177 g/mol. The Hall–Kier alpha value is 0.230. The third kappa shape index (κ3) is 6.23. The van der Waals surface area contributed by atoms with E-state index in [1.54, 1.807) is 0 Å². The molecule has 0 aliphatic carbocycles. The minimum absolute atomic E-state index is 0. The zero-order valence-electron chi connectivity index (χ0n) is 3.14. The molecule has 0 saturated carbocycles. The van der Waals surface area contributed by atoms with E-state index in [9.17, 15) is 13.2 Å². The Labute approximate surface area is 48.9 Å². The maximum atomic E-state index is 10.6. The lowest BCUT2D eigenvalue weighted by Crippen LogP contribution is -2.08. The maximum Gasteiger partial charge on any atom is 0.293 e. The fourth-order valence-corrected chi connectivity index (χ4v) is 0. The fourth-order valence-electron chi connectivity index (χ4n) is 0. The molecule has 0 amide bonds. The van der Waals surface area contributed by atoms with Crippen molar-refractivity contribution >= 4 is 17.0 Å². The van der Waals surface area contributed by atoms with Gasteiger partial charge in [-0.2, -0.15) is 0 Å². The lowest BCUT2D eigenvalue weighted by Gasteiger charge is -1.92. The number of alkyl halides is 3. The van der Waals surface area contributed by atoms with E-state index >= 15 is 0 Å². The Bertz CT molecular complexity index is 33.9. The number of aliphatic hydroxyl groups excluding tert-OH is 1. The summed E-state index contributed by atoms with van der Waals surface area (Å²) >= 11 is 0. The largest absolute Gasteiger partial charge is 0.360 e. The van der Waals surface area contributed by atoms with Crippen LogP contribution in [0.3, 0.4) is 0 Å². The third-order valence-corrected chi connectivity index (χ3v) is 0.208. The second kappa shape index (κ2) is 4.39. The summed E-state index contributed by atoms with van der Waals surface area (Å²) in [4.78, 5) is 0. The van der Waals surface area contributed by atoms with Crippen molar-refractivity contribution in [2.24, 2.45) is 0 Å². The van der Waals surface area contributed by atoms with Gasteiger partial charge in [0.25, 0.3) is 12.8 Å². The lowest BCUT2D eigenvalue weighted by atomic mass is 10.7. The first kappa shape index (κ1) is 10.3. The van der Waals surface area contributed by atoms with Crippen molar-refractivity contribution in [2.75, 3.05) is 0 Å². The normalized spacial score (nSPS) is 13.3. The van der Waals surface area contributed by atoms with Gasteiger partial charge in [-0.25, -0.2) is 13.2 Å². The molecule has 0 rings (SSSR count). The number of hydrogen-bond donors (Lipinski definition) is 1. The van der Waals surface area contributed by atoms with Crippen molar-refractivity contribution in [3.8, 4) is 0 Å². The summed E-state index contributed by atoms with van der Waals surface area (Å²) in [5.41, 5.74) is 0. The van der Waals surface area contributed by atoms with E-state index in [1.165, 1.54) is 0 Å². The zero-order chi connectivity index (χ0) is 5.15. The average Bonchev–Trinajstić information content (AvgIpc) is 1.36. The van der Waals surface area contributed by atoms with Gasteiger partial charge >= 0.3 is 0 Å². The standard InChI is InChI=1S/C2H3F3O.BrH/c3-1(4)2(5)6;/h1-2,6H;1H. The molecule has 1 nitrogen and oxygen atoms in total. The number of rotatable bonds is 1. The van der Waals surface area contributed by atoms with Crippen LogP contribution in [-0.4, -0.2) is 17.9 Å². The number of halogens is 4. The van der Waals surface area contributed by atoms with Gasteiger partial charge < -0.3 is 5.11 Å². The monoisotopic (exact) mass is 180 g/mol. The van der Waals surface area contributed by atoms with Crippen LogP contribution in [0.15, 0.2) is 0 Å². The first-order valence-electron chi connectivity index (χ1n) is 1.25. The van der Waals surface area contributed by atoms with Crippen molar-refractivity contribution in [1.29, 1.82) is 0 Å². The van der Waals surface area contributed by atoms with E-state index in [1.807, 2.05) is 0 Å². The molecule has 5 heteroatoms. The van der Waals surface area contributed by atoms with E-state index < -0.39 is 12.8 Å². The lowest BCUT2D eigenvalue weighted by molar-refractivity contribution is -0.0843. The predicted molar refractivity (Wildman–Crippen MR) is 23.4 cm³/mol. The summed E-state index contributed by atoms with van der Waals surface area (Å²) in [6.07, 6.45) is -6.24. The molecule has 1 N–H and O–H groups in total. The van der Waals surface area contributed by atoms with Crippen molar-refractivity contribution in [1.82, 2.24) is 0 Å². The summed E-state index contributed by atoms with van der Waals surface area (Å²) in [6.45, 7) is 0. The Balaban J connectivity index is 0. The average molecular weight is 181 g/mol. The van der Waals surface area contributed by atoms with Gasteiger partial charge in [0.05, 0.1) is 0 Å². The summed E-state index contributed by atoms with van der Waals surface area (Å²) in [5.74, 6) is 0. The van der Waals surface area contributed by atoms with Crippen molar-refractivity contribution in [3.05, 3.63) is 0 Å². The van der Waals surface area contributed by atoms with E-state index in [4.69, 9.17) is 5.11 Å². The van der Waals surface area contributed by atoms with E-state index in [-0.39, 0.29) is 17.0 Å². The van der Waals surface area contributed by atoms with Crippen molar-refractivity contribution in [3.63, 3.8) is 0 Å². The van der Waals surface area contributed by atoms with Gasteiger partial charge in [-0.3, -0.25) is 0 Å². The smallest absolute Gasteiger partial charge is 0.293 e. The molecule has 0 aliphatic rings. The van der Waals surface area contributed by atoms with Gasteiger partial charge in [0.1, 0.15) is 0 Å². The molecule has 0 fully saturated rings. The highest BCUT2D eigenvalue weighted by Crippen LogP contribution is 1.98. The van der Waals surface area contributed by atoms with Gasteiger partial charge in [-0.05, 0) is 0 Å². The molecule has 0 bridgehead atoms. The van der Waals surface area contributed by atoms with Gasteiger partial charge in [0.2, 0.25) is 0 Å². The molecule has 0 heterocycles. The van der Waals surface area contributed by atoms with Gasteiger partial charge in [-0.15, -0.1) is 17.0 Å². The Kier molecular flexibility index (Phi) is 6.43. The third-order valence-electron chi connectivity index (χ3n) is 0.208. The van der Waals surface area contributed by atoms with Crippen LogP contribution in [0.2, 0.25) is 0 Å². The second-order valence-corrected chi connectivity index (χ2v) is 0.707. The molecule has 7 heavy (non-hydrogen) atoms. The molecule has 0 radical (unpaired) electrons. The Morgan fingerprint density at radius 1 is 1.14 bits per heavy atom. The highest BCUT2D eigenvalue weighted by atomic mass is 79.9. The Morgan fingerprint density at radius 2 is 1.29 bits per heavy atom. The quantitative estimate of drug-likeness (QED) is 0.642. The van der Waals surface area contributed by atoms with Gasteiger partial charge in [0.15, 0.2) is 0 Å². The molecule has 1 unspecified atom stereocenters. The molecule has 0 spiro atoms. The van der Waals surface area contributed by atoms with Crippen LogP contribution in [0.25, 0.3) is 0 Å². The second-order valence-electron chi connectivity index (χ2n) is 0.707. The summed E-state index contributed by atoms with van der Waals surface area (Å²) in [6, 6.07) is 0. The molecule has 46 valence electrons. The fraction of sp³-hybridized carbons (Fsp3) is 1.00. The molecule has 0 aliphatic heterocycles. The van der Waals surface area contributed by atoms with Crippen molar-refractivity contribution < 1.29 is 18.3 Å². The van der Waals surface area contributed by atoms with Crippen LogP contribution in [0.5, 0.6) is 0 Å². The Morgan fingerprint density at radius 3 is 1.29 bits per heavy atom. The molecule has 1 atom stereocenters. The van der Waals surface area contributed by atoms with Crippen LogP contribution in [0, 0.1) is 0 Å². The van der Waals surface area contributed by atoms with Crippen LogP contribution in [-0.2, 0) is 0 Å². The summed E-state index contributed by atoms with van der Waals surface area (Å²) < 4.78 is 31.7. The summed E-state index contributed by atoms with van der Waals surface area (Å²) in [7, 11) is 0. The highest BCUT2D eigenvalue weighted by Gasteiger charge is 2.12. The zero-order valence-corrected chi connectivity index (χ0v) is 4.86. The van der Waals surface area contributed by atoms with Crippen LogP contribution in [0.1, 0.15) is 0 Å². The van der Waals surface area contributed by atoms with E-state index in [2.05, 4.69) is 0 Å². The molecule has 0 aromatic carbocycles. The molecular formula is C2H4BrF3O. The van der Waals surface area contributed by atoms with E-state index in [0.717, 1.165) is 0 Å². The maximum absolute atomic E-state index is 10.6. The van der Waals surface area contributed by atoms with Crippen LogP contribution >= 0.6 is 17.0 Å². The number of aliphatic hydroxyl groups is 1. The minimum Gasteiger partial charge on any atom is -0.360 e. The first-order valence-corrected chi connectivity index (χ1v) is 1.25. The molecule has 0 aromatic heterocycles. The molecule has 0 saturated heterocycles. The van der Waals surface area contributed by atoms with E-state index in [0.29, 0.717) is 0 Å². The first-order chi connectivity index (χ1) is 2.64. The number of hydrogen-bond acceptors (Lipinski definition) is 1. The van der Waals surface area contributed by atoms with Crippen LogP contribution < -0.4 is 0 Å². The molecule has 0 aromatic rings. The SMILES string of the molecule is Br.OC(F)C(F)F.